The smallest absolute Gasteiger partial charge is 0.308 e. The zero-order valence-electron chi connectivity index (χ0n) is 7.25. The molecule has 1 aromatic rings. The molecule has 2 rings (SSSR count). The average Bonchev–Trinajstić information content (AvgIpc) is 2.55. The number of carboxylic acid groups (broad SMARTS) is 1. The Bertz CT molecular complexity index is 370. The Balaban J connectivity index is 2.33. The van der Waals surface area contributed by atoms with Crippen molar-refractivity contribution in [3.05, 3.63) is 21.9 Å². The van der Waals surface area contributed by atoms with Crippen molar-refractivity contribution in [1.82, 2.24) is 4.57 Å². The summed E-state index contributed by atoms with van der Waals surface area (Å²) in [5.74, 6) is -0.944. The van der Waals surface area contributed by atoms with Crippen LogP contribution in [0, 0.1) is 12.8 Å². The van der Waals surface area contributed by atoms with Gasteiger partial charge in [-0.15, -0.1) is 0 Å². The number of nitrogens with zero attached hydrogens (tertiary/aromatic N) is 1. The molecule has 0 bridgehead atoms. The van der Waals surface area contributed by atoms with E-state index in [-0.39, 0.29) is 5.92 Å². The lowest BCUT2D eigenvalue weighted by atomic mass is 10.1. The maximum Gasteiger partial charge on any atom is 0.308 e. The number of aliphatic carboxylic acids is 1. The van der Waals surface area contributed by atoms with Crippen LogP contribution in [0.1, 0.15) is 11.3 Å². The van der Waals surface area contributed by atoms with Gasteiger partial charge < -0.3 is 9.67 Å². The van der Waals surface area contributed by atoms with Crippen LogP contribution in [-0.4, -0.2) is 15.6 Å². The Kier molecular flexibility index (Phi) is 1.95. The molecule has 4 heteroatoms. The third kappa shape index (κ3) is 1.29. The van der Waals surface area contributed by atoms with Crippen molar-refractivity contribution in [2.24, 2.45) is 5.92 Å². The predicted octanol–water partition coefficient (Wildman–Crippen LogP) is 1.82. The SMILES string of the molecule is Cc1cn2c(c1Br)CC(C(=O)O)C2. The molecule has 0 aliphatic carbocycles. The summed E-state index contributed by atoms with van der Waals surface area (Å²) >= 11 is 3.46. The molecule has 1 aliphatic rings. The minimum atomic E-state index is -0.701. The summed E-state index contributed by atoms with van der Waals surface area (Å²) in [5.41, 5.74) is 2.30. The second-order valence-electron chi connectivity index (χ2n) is 3.46. The van der Waals surface area contributed by atoms with Crippen LogP contribution in [-0.2, 0) is 17.8 Å². The molecule has 2 heterocycles. The standard InChI is InChI=1S/C9H10BrNO2/c1-5-3-11-4-6(9(12)13)2-7(11)8(5)10/h3,6H,2,4H2,1H3,(H,12,13). The van der Waals surface area contributed by atoms with Gasteiger partial charge in [0, 0.05) is 29.3 Å². The lowest BCUT2D eigenvalue weighted by Gasteiger charge is -2.00. The first kappa shape index (κ1) is 8.81. The highest BCUT2D eigenvalue weighted by molar-refractivity contribution is 9.10. The molecule has 1 atom stereocenters. The second kappa shape index (κ2) is 2.87. The van der Waals surface area contributed by atoms with Gasteiger partial charge in [0.1, 0.15) is 0 Å². The van der Waals surface area contributed by atoms with Gasteiger partial charge in [-0.2, -0.15) is 0 Å². The summed E-state index contributed by atoms with van der Waals surface area (Å²) in [6.45, 7) is 2.63. The molecular weight excluding hydrogens is 234 g/mol. The molecule has 0 aromatic carbocycles. The summed E-state index contributed by atoms with van der Waals surface area (Å²) in [5, 5.41) is 8.84. The molecule has 1 aromatic heterocycles. The van der Waals surface area contributed by atoms with E-state index in [1.165, 1.54) is 5.56 Å². The van der Waals surface area contributed by atoms with Gasteiger partial charge in [-0.25, -0.2) is 0 Å². The molecule has 0 radical (unpaired) electrons. The van der Waals surface area contributed by atoms with Crippen molar-refractivity contribution in [3.8, 4) is 0 Å². The highest BCUT2D eigenvalue weighted by Crippen LogP contribution is 2.31. The molecule has 1 unspecified atom stereocenters. The first-order valence-electron chi connectivity index (χ1n) is 4.16. The second-order valence-corrected chi connectivity index (χ2v) is 4.26. The summed E-state index contributed by atoms with van der Waals surface area (Å²) in [6, 6.07) is 0. The minimum absolute atomic E-state index is 0.244. The van der Waals surface area contributed by atoms with Crippen LogP contribution < -0.4 is 0 Å². The van der Waals surface area contributed by atoms with Crippen LogP contribution in [0.25, 0.3) is 0 Å². The van der Waals surface area contributed by atoms with Crippen molar-refractivity contribution in [2.45, 2.75) is 19.9 Å². The third-order valence-electron chi connectivity index (χ3n) is 2.50. The summed E-state index contributed by atoms with van der Waals surface area (Å²) in [6.07, 6.45) is 2.64. The van der Waals surface area contributed by atoms with Crippen molar-refractivity contribution >= 4 is 21.9 Å². The minimum Gasteiger partial charge on any atom is -0.481 e. The Labute approximate surface area is 84.5 Å². The van der Waals surface area contributed by atoms with E-state index >= 15 is 0 Å². The number of fused-ring (bicyclic) bond motifs is 1. The highest BCUT2D eigenvalue weighted by Gasteiger charge is 2.29. The van der Waals surface area contributed by atoms with E-state index in [0.29, 0.717) is 13.0 Å². The van der Waals surface area contributed by atoms with Gasteiger partial charge in [-0.3, -0.25) is 4.79 Å². The molecule has 0 fully saturated rings. The maximum absolute atomic E-state index is 10.7. The Morgan fingerprint density at radius 3 is 3.00 bits per heavy atom. The topological polar surface area (TPSA) is 42.2 Å². The zero-order valence-corrected chi connectivity index (χ0v) is 8.84. The van der Waals surface area contributed by atoms with E-state index < -0.39 is 5.97 Å². The highest BCUT2D eigenvalue weighted by atomic mass is 79.9. The van der Waals surface area contributed by atoms with Crippen LogP contribution in [0.5, 0.6) is 0 Å². The van der Waals surface area contributed by atoms with Crippen molar-refractivity contribution in [2.75, 3.05) is 0 Å². The number of aryl methyl sites for hydroxylation is 1. The number of carboxylic acids is 1. The first-order chi connectivity index (χ1) is 6.09. The van der Waals surface area contributed by atoms with Gasteiger partial charge in [-0.05, 0) is 28.4 Å². The number of rotatable bonds is 1. The van der Waals surface area contributed by atoms with E-state index in [4.69, 9.17) is 5.11 Å². The van der Waals surface area contributed by atoms with Crippen LogP contribution in [0.15, 0.2) is 10.7 Å². The molecule has 70 valence electrons. The molecule has 1 N–H and O–H groups in total. The molecule has 0 amide bonds. The Hall–Kier alpha value is -0.770. The number of halogens is 1. The van der Waals surface area contributed by atoms with E-state index in [1.807, 2.05) is 17.7 Å². The number of carbonyl (C=O) groups is 1. The fraction of sp³-hybridized carbons (Fsp3) is 0.444. The molecule has 0 saturated heterocycles. The van der Waals surface area contributed by atoms with E-state index in [1.54, 1.807) is 0 Å². The van der Waals surface area contributed by atoms with Gasteiger partial charge in [0.25, 0.3) is 0 Å². The number of hydrogen-bond acceptors (Lipinski definition) is 1. The van der Waals surface area contributed by atoms with Crippen molar-refractivity contribution in [3.63, 3.8) is 0 Å². The molecule has 0 saturated carbocycles. The first-order valence-corrected chi connectivity index (χ1v) is 4.96. The third-order valence-corrected chi connectivity index (χ3v) is 3.58. The van der Waals surface area contributed by atoms with Gasteiger partial charge in [-0.1, -0.05) is 0 Å². The summed E-state index contributed by atoms with van der Waals surface area (Å²) in [7, 11) is 0. The monoisotopic (exact) mass is 243 g/mol. The Morgan fingerprint density at radius 2 is 2.46 bits per heavy atom. The predicted molar refractivity (Wildman–Crippen MR) is 51.7 cm³/mol. The molecule has 1 aliphatic heterocycles. The molecule has 0 spiro atoms. The fourth-order valence-electron chi connectivity index (χ4n) is 1.79. The van der Waals surface area contributed by atoms with Crippen molar-refractivity contribution in [1.29, 1.82) is 0 Å². The lowest BCUT2D eigenvalue weighted by Crippen LogP contribution is -2.14. The fourth-order valence-corrected chi connectivity index (χ4v) is 2.28. The van der Waals surface area contributed by atoms with Gasteiger partial charge >= 0.3 is 5.97 Å². The zero-order chi connectivity index (χ0) is 9.59. The molecular formula is C9H10BrNO2. The normalized spacial score (nSPS) is 20.3. The number of hydrogen-bond donors (Lipinski definition) is 1. The largest absolute Gasteiger partial charge is 0.481 e. The van der Waals surface area contributed by atoms with E-state index in [0.717, 1.165) is 10.2 Å². The Morgan fingerprint density at radius 1 is 1.77 bits per heavy atom. The molecule has 13 heavy (non-hydrogen) atoms. The molecule has 3 nitrogen and oxygen atoms in total. The lowest BCUT2D eigenvalue weighted by molar-refractivity contribution is -0.141. The van der Waals surface area contributed by atoms with Crippen LogP contribution >= 0.6 is 15.9 Å². The van der Waals surface area contributed by atoms with Gasteiger partial charge in [0.2, 0.25) is 0 Å². The van der Waals surface area contributed by atoms with Gasteiger partial charge in [0.15, 0.2) is 0 Å². The van der Waals surface area contributed by atoms with Crippen LogP contribution in [0.2, 0.25) is 0 Å². The van der Waals surface area contributed by atoms with Gasteiger partial charge in [0.05, 0.1) is 5.92 Å². The number of aromatic nitrogens is 1. The summed E-state index contributed by atoms with van der Waals surface area (Å²) < 4.78 is 3.09. The van der Waals surface area contributed by atoms with Crippen LogP contribution in [0.4, 0.5) is 0 Å². The maximum atomic E-state index is 10.7. The summed E-state index contributed by atoms with van der Waals surface area (Å²) in [4.78, 5) is 10.7. The van der Waals surface area contributed by atoms with E-state index in [9.17, 15) is 4.79 Å². The van der Waals surface area contributed by atoms with E-state index in [2.05, 4.69) is 15.9 Å². The quantitative estimate of drug-likeness (QED) is 0.818. The van der Waals surface area contributed by atoms with Crippen LogP contribution in [0.3, 0.4) is 0 Å². The van der Waals surface area contributed by atoms with Crippen molar-refractivity contribution < 1.29 is 9.90 Å². The average molecular weight is 244 g/mol.